The molecule has 18 heavy (non-hydrogen) atoms. The van der Waals surface area contributed by atoms with Gasteiger partial charge in [0.15, 0.2) is 0 Å². The van der Waals surface area contributed by atoms with Gasteiger partial charge in [-0.2, -0.15) is 4.45 Å². The van der Waals surface area contributed by atoms with E-state index < -0.39 is 8.45 Å². The van der Waals surface area contributed by atoms with Crippen LogP contribution in [0.25, 0.3) is 4.85 Å². The zero-order valence-corrected chi connectivity index (χ0v) is 11.2. The second-order valence-corrected chi connectivity index (χ2v) is 5.49. The lowest BCUT2D eigenvalue weighted by atomic mass is 10.5. The Labute approximate surface area is 107 Å². The number of morpholine rings is 1. The van der Waals surface area contributed by atoms with Crippen LogP contribution in [0.15, 0.2) is 6.33 Å². The van der Waals surface area contributed by atoms with Crippen molar-refractivity contribution in [2.75, 3.05) is 39.5 Å². The lowest BCUT2D eigenvalue weighted by Gasteiger charge is -2.31. The van der Waals surface area contributed by atoms with Gasteiger partial charge in [-0.15, -0.1) is 5.10 Å². The van der Waals surface area contributed by atoms with Crippen molar-refractivity contribution in [3.05, 3.63) is 23.6 Å². The van der Waals surface area contributed by atoms with Crippen molar-refractivity contribution in [2.24, 2.45) is 0 Å². The molecule has 1 fully saturated rings. The monoisotopic (exact) mass is 269 g/mol. The minimum Gasteiger partial charge on any atom is -0.379 e. The molecule has 0 spiro atoms. The number of aromatic nitrogens is 3. The second-order valence-electron chi connectivity index (χ2n) is 3.75. The van der Waals surface area contributed by atoms with Crippen LogP contribution in [0.2, 0.25) is 0 Å². The fraction of sp³-hybridized carbons (Fsp3) is 0.700. The molecule has 0 bridgehead atoms. The third-order valence-corrected chi connectivity index (χ3v) is 4.25. The second kappa shape index (κ2) is 6.76. The highest BCUT2D eigenvalue weighted by molar-refractivity contribution is 7.48. The van der Waals surface area contributed by atoms with E-state index in [1.807, 2.05) is 6.92 Å². The summed E-state index contributed by atoms with van der Waals surface area (Å²) >= 11 is 0. The Kier molecular flexibility index (Phi) is 5.02. The highest BCUT2D eigenvalue weighted by Gasteiger charge is 2.25. The Balaban J connectivity index is 2.04. The molecule has 0 radical (unpaired) electrons. The van der Waals surface area contributed by atoms with Crippen LogP contribution in [-0.2, 0) is 9.26 Å². The molecule has 1 unspecified atom stereocenters. The fourth-order valence-electron chi connectivity index (χ4n) is 1.58. The van der Waals surface area contributed by atoms with Gasteiger partial charge in [-0.1, -0.05) is 0 Å². The van der Waals surface area contributed by atoms with E-state index in [1.54, 1.807) is 10.8 Å². The van der Waals surface area contributed by atoms with Gasteiger partial charge in [-0.25, -0.2) is 16.2 Å². The Hall–Kier alpha value is -1.06. The summed E-state index contributed by atoms with van der Waals surface area (Å²) in [6, 6.07) is 0. The molecular weight excluding hydrogens is 253 g/mol. The largest absolute Gasteiger partial charge is 0.379 e. The Morgan fingerprint density at radius 1 is 1.56 bits per heavy atom. The topological polar surface area (TPSA) is 56.8 Å². The first kappa shape index (κ1) is 13.4. The number of hydrogen-bond acceptors (Lipinski definition) is 5. The van der Waals surface area contributed by atoms with Crippen LogP contribution >= 0.6 is 8.45 Å². The molecule has 1 aromatic rings. The molecule has 2 rings (SSSR count). The van der Waals surface area contributed by atoms with Crippen molar-refractivity contribution in [3.8, 4) is 0 Å². The summed E-state index contributed by atoms with van der Waals surface area (Å²) < 4.78 is 15.1. The van der Waals surface area contributed by atoms with Crippen molar-refractivity contribution in [3.63, 3.8) is 0 Å². The summed E-state index contributed by atoms with van der Waals surface area (Å²) in [4.78, 5) is 7.43. The molecule has 1 atom stereocenters. The summed E-state index contributed by atoms with van der Waals surface area (Å²) in [5, 5.41) is 4.31. The first-order valence-corrected chi connectivity index (χ1v) is 6.95. The lowest BCUT2D eigenvalue weighted by molar-refractivity contribution is 0.0689. The van der Waals surface area contributed by atoms with E-state index in [4.69, 9.17) is 15.8 Å². The van der Waals surface area contributed by atoms with E-state index in [0.29, 0.717) is 26.4 Å². The minimum atomic E-state index is -1.01. The van der Waals surface area contributed by atoms with Gasteiger partial charge in [0, 0.05) is 13.1 Å². The first-order chi connectivity index (χ1) is 8.81. The number of hydrogen-bond donors (Lipinski definition) is 0. The Morgan fingerprint density at radius 3 is 2.94 bits per heavy atom. The van der Waals surface area contributed by atoms with Gasteiger partial charge in [0.25, 0.3) is 0 Å². The van der Waals surface area contributed by atoms with Gasteiger partial charge in [-0.05, 0) is 6.92 Å². The molecule has 8 heteroatoms. The maximum absolute atomic E-state index is 6.78. The molecule has 0 N–H and O–H groups in total. The molecule has 1 aromatic heterocycles. The summed E-state index contributed by atoms with van der Waals surface area (Å²) in [6.45, 7) is 12.5. The molecule has 0 saturated carbocycles. The van der Waals surface area contributed by atoms with Gasteiger partial charge in [0.2, 0.25) is 15.0 Å². The average molecular weight is 269 g/mol. The zero-order chi connectivity index (χ0) is 12.8. The van der Waals surface area contributed by atoms with E-state index in [9.17, 15) is 0 Å². The van der Waals surface area contributed by atoms with E-state index >= 15 is 0 Å². The van der Waals surface area contributed by atoms with Crippen molar-refractivity contribution in [1.82, 2.24) is 19.2 Å². The Bertz CT molecular complexity index is 413. The SMILES string of the molecule is [C-]#[N+]CCOP(N1CCOCC1)n1cnc(C)n1. The van der Waals surface area contributed by atoms with E-state index in [2.05, 4.69) is 19.6 Å². The van der Waals surface area contributed by atoms with E-state index in [0.717, 1.165) is 18.9 Å². The highest BCUT2D eigenvalue weighted by Crippen LogP contribution is 2.42. The third-order valence-electron chi connectivity index (χ3n) is 2.41. The summed E-state index contributed by atoms with van der Waals surface area (Å²) in [5.74, 6) is 0.726. The average Bonchev–Trinajstić information content (AvgIpc) is 2.82. The predicted molar refractivity (Wildman–Crippen MR) is 66.9 cm³/mol. The minimum absolute atomic E-state index is 0.372. The van der Waals surface area contributed by atoms with E-state index in [-0.39, 0.29) is 0 Å². The standard InChI is InChI=1S/C10H16N5O2P/c1-10-12-9-15(13-10)18(17-6-3-11-2)14-4-7-16-8-5-14/h9H,3-8H2,1H3. The van der Waals surface area contributed by atoms with Crippen LogP contribution in [0.5, 0.6) is 0 Å². The molecule has 0 aromatic carbocycles. The number of nitrogens with zero attached hydrogens (tertiary/aromatic N) is 5. The fourth-order valence-corrected chi connectivity index (χ4v) is 3.22. The molecule has 98 valence electrons. The van der Waals surface area contributed by atoms with E-state index in [1.165, 1.54) is 0 Å². The molecule has 0 aliphatic carbocycles. The normalized spacial score (nSPS) is 18.4. The Morgan fingerprint density at radius 2 is 2.33 bits per heavy atom. The maximum atomic E-state index is 6.78. The van der Waals surface area contributed by atoms with Crippen LogP contribution in [0.3, 0.4) is 0 Å². The van der Waals surface area contributed by atoms with Crippen LogP contribution in [0.4, 0.5) is 0 Å². The third kappa shape index (κ3) is 3.47. The van der Waals surface area contributed by atoms with Gasteiger partial charge in [-0.3, -0.25) is 0 Å². The smallest absolute Gasteiger partial charge is 0.241 e. The highest BCUT2D eigenvalue weighted by atomic mass is 31.2. The number of aryl methyl sites for hydroxylation is 1. The molecule has 7 nitrogen and oxygen atoms in total. The molecule has 0 amide bonds. The molecular formula is C10H16N5O2P. The van der Waals surface area contributed by atoms with Gasteiger partial charge in [0.1, 0.15) is 18.8 Å². The maximum Gasteiger partial charge on any atom is 0.241 e. The lowest BCUT2D eigenvalue weighted by Crippen LogP contribution is -2.34. The zero-order valence-electron chi connectivity index (χ0n) is 10.3. The summed E-state index contributed by atoms with van der Waals surface area (Å²) in [7, 11) is -1.01. The van der Waals surface area contributed by atoms with Gasteiger partial charge < -0.3 is 14.1 Å². The summed E-state index contributed by atoms with van der Waals surface area (Å²) in [5.41, 5.74) is 0. The van der Waals surface area contributed by atoms with Crippen molar-refractivity contribution >= 4 is 8.45 Å². The molecule has 2 heterocycles. The van der Waals surface area contributed by atoms with Gasteiger partial charge in [0.05, 0.1) is 13.2 Å². The molecule has 1 saturated heterocycles. The van der Waals surface area contributed by atoms with Crippen molar-refractivity contribution in [2.45, 2.75) is 6.92 Å². The predicted octanol–water partition coefficient (Wildman–Crippen LogP) is 0.930. The molecule has 1 aliphatic heterocycles. The first-order valence-electron chi connectivity index (χ1n) is 5.78. The van der Waals surface area contributed by atoms with Gasteiger partial charge >= 0.3 is 0 Å². The quantitative estimate of drug-likeness (QED) is 0.452. The van der Waals surface area contributed by atoms with Crippen LogP contribution in [0.1, 0.15) is 5.82 Å². The number of rotatable bonds is 5. The van der Waals surface area contributed by atoms with Crippen LogP contribution in [0, 0.1) is 13.5 Å². The summed E-state index contributed by atoms with van der Waals surface area (Å²) in [6.07, 6.45) is 1.69. The number of ether oxygens (including phenoxy) is 1. The van der Waals surface area contributed by atoms with Crippen LogP contribution in [-0.4, -0.2) is 58.7 Å². The van der Waals surface area contributed by atoms with Crippen LogP contribution < -0.4 is 0 Å². The molecule has 1 aliphatic rings. The van der Waals surface area contributed by atoms with Crippen molar-refractivity contribution in [1.29, 1.82) is 0 Å². The van der Waals surface area contributed by atoms with Crippen molar-refractivity contribution < 1.29 is 9.26 Å².